The zero-order valence-corrected chi connectivity index (χ0v) is 16.3. The predicted molar refractivity (Wildman–Crippen MR) is 109 cm³/mol. The maximum Gasteiger partial charge on any atom is 0.279 e. The number of aromatic nitrogens is 4. The molecule has 2 saturated heterocycles. The van der Waals surface area contributed by atoms with Crippen molar-refractivity contribution in [1.82, 2.24) is 25.3 Å². The zero-order valence-electron chi connectivity index (χ0n) is 15.4. The minimum atomic E-state index is -2.79. The van der Waals surface area contributed by atoms with Crippen molar-refractivity contribution >= 4 is 30.2 Å². The van der Waals surface area contributed by atoms with Gasteiger partial charge < -0.3 is 15.2 Å². The van der Waals surface area contributed by atoms with Crippen LogP contribution in [0.5, 0.6) is 0 Å². The lowest BCUT2D eigenvalue weighted by Gasteiger charge is -2.24. The van der Waals surface area contributed by atoms with Gasteiger partial charge in [0.05, 0.1) is 23.3 Å². The van der Waals surface area contributed by atoms with Gasteiger partial charge in [0, 0.05) is 31.7 Å². The number of rotatable bonds is 5. The molecule has 2 aromatic heterocycles. The molecule has 0 aromatic carbocycles. The Morgan fingerprint density at radius 3 is 2.93 bits per heavy atom. The topological polar surface area (TPSA) is 93.6 Å². The van der Waals surface area contributed by atoms with E-state index in [1.807, 2.05) is 6.07 Å². The molecule has 2 aliphatic heterocycles. The first-order valence-corrected chi connectivity index (χ1v) is 9.85. The summed E-state index contributed by atoms with van der Waals surface area (Å²) in [5.74, 6) is 1.95. The smallest absolute Gasteiger partial charge is 0.279 e. The molecule has 4 rings (SSSR count). The molecule has 2 aliphatic rings. The van der Waals surface area contributed by atoms with Crippen molar-refractivity contribution in [3.05, 3.63) is 30.5 Å². The lowest BCUT2D eigenvalue weighted by atomic mass is 10.1. The fourth-order valence-corrected chi connectivity index (χ4v) is 3.58. The first-order chi connectivity index (χ1) is 13.6. The number of hydrogen-bond acceptors (Lipinski definition) is 7. The second-order valence-corrected chi connectivity index (χ2v) is 6.50. The van der Waals surface area contributed by atoms with E-state index in [0.717, 1.165) is 37.9 Å². The molecule has 0 spiro atoms. The molecule has 150 valence electrons. The normalized spacial score (nSPS) is 21.1. The van der Waals surface area contributed by atoms with E-state index in [1.165, 1.54) is 12.4 Å². The standard InChI is InChI=1S/C17H19F2N7.CH4S/c18-17(19)11(20)1-2-15-22-7-13(25-15)12-5-16(24-9-23-12)26-4-3-10-6-21-8-14(10)26;1-2/h1-2,5,7,9-10,14,17,20-21H,3-4,6,8H2,(H,22,25);2H,1H3/b2-1-,20-11?;. The van der Waals surface area contributed by atoms with E-state index >= 15 is 0 Å². The highest BCUT2D eigenvalue weighted by Crippen LogP contribution is 2.31. The van der Waals surface area contributed by atoms with Crippen molar-refractivity contribution in [1.29, 1.82) is 5.41 Å². The molecule has 0 radical (unpaired) electrons. The summed E-state index contributed by atoms with van der Waals surface area (Å²) < 4.78 is 24.7. The Bertz CT molecular complexity index is 839. The van der Waals surface area contributed by atoms with E-state index in [9.17, 15) is 8.78 Å². The van der Waals surface area contributed by atoms with Crippen LogP contribution in [0.25, 0.3) is 17.5 Å². The Morgan fingerprint density at radius 2 is 2.14 bits per heavy atom. The molecule has 2 unspecified atom stereocenters. The quantitative estimate of drug-likeness (QED) is 0.451. The number of nitrogens with zero attached hydrogens (tertiary/aromatic N) is 4. The predicted octanol–water partition coefficient (Wildman–Crippen LogP) is 2.51. The molecule has 0 aliphatic carbocycles. The molecule has 10 heteroatoms. The highest BCUT2D eigenvalue weighted by atomic mass is 32.1. The van der Waals surface area contributed by atoms with Gasteiger partial charge in [-0.2, -0.15) is 12.6 Å². The highest BCUT2D eigenvalue weighted by Gasteiger charge is 2.38. The van der Waals surface area contributed by atoms with Gasteiger partial charge in [0.15, 0.2) is 0 Å². The molecule has 7 nitrogen and oxygen atoms in total. The number of nitrogens with one attached hydrogen (secondary N) is 3. The third-order valence-corrected chi connectivity index (χ3v) is 4.92. The summed E-state index contributed by atoms with van der Waals surface area (Å²) in [6.07, 6.45) is 5.59. The number of anilines is 1. The molecule has 4 heterocycles. The lowest BCUT2D eigenvalue weighted by Crippen LogP contribution is -2.34. The average Bonchev–Trinajstić information content (AvgIpc) is 3.44. The number of fused-ring (bicyclic) bond motifs is 1. The van der Waals surface area contributed by atoms with Crippen molar-refractivity contribution < 1.29 is 8.78 Å². The Balaban J connectivity index is 0.00000109. The van der Waals surface area contributed by atoms with E-state index in [0.29, 0.717) is 29.2 Å². The lowest BCUT2D eigenvalue weighted by molar-refractivity contribution is 0.226. The second kappa shape index (κ2) is 9.24. The summed E-state index contributed by atoms with van der Waals surface area (Å²) in [5.41, 5.74) is 0.624. The number of halogens is 2. The number of allylic oxidation sites excluding steroid dienone is 1. The van der Waals surface area contributed by atoms with Gasteiger partial charge in [-0.25, -0.2) is 23.7 Å². The van der Waals surface area contributed by atoms with Crippen LogP contribution in [0.1, 0.15) is 12.2 Å². The summed E-state index contributed by atoms with van der Waals surface area (Å²) in [5, 5.41) is 10.6. The first kappa shape index (κ1) is 20.4. The molecule has 28 heavy (non-hydrogen) atoms. The maximum absolute atomic E-state index is 12.4. The van der Waals surface area contributed by atoms with Gasteiger partial charge in [-0.1, -0.05) is 0 Å². The van der Waals surface area contributed by atoms with Crippen molar-refractivity contribution in [2.75, 3.05) is 30.8 Å². The maximum atomic E-state index is 12.4. The van der Waals surface area contributed by atoms with Crippen molar-refractivity contribution in [3.8, 4) is 11.4 Å². The summed E-state index contributed by atoms with van der Waals surface area (Å²) in [6, 6.07) is 2.39. The van der Waals surface area contributed by atoms with E-state index < -0.39 is 12.1 Å². The van der Waals surface area contributed by atoms with Crippen LogP contribution in [0.2, 0.25) is 0 Å². The minimum Gasteiger partial charge on any atom is -0.352 e. The van der Waals surface area contributed by atoms with Crippen LogP contribution < -0.4 is 10.2 Å². The summed E-state index contributed by atoms with van der Waals surface area (Å²) >= 11 is 3.53. The molecule has 2 atom stereocenters. The largest absolute Gasteiger partial charge is 0.352 e. The third-order valence-electron chi connectivity index (χ3n) is 4.92. The van der Waals surface area contributed by atoms with E-state index in [4.69, 9.17) is 5.41 Å². The fourth-order valence-electron chi connectivity index (χ4n) is 3.58. The van der Waals surface area contributed by atoms with Crippen LogP contribution in [0.4, 0.5) is 14.6 Å². The van der Waals surface area contributed by atoms with Gasteiger partial charge >= 0.3 is 0 Å². The van der Waals surface area contributed by atoms with Crippen LogP contribution in [0.15, 0.2) is 24.7 Å². The minimum absolute atomic E-state index is 0.395. The number of thiol groups is 1. The van der Waals surface area contributed by atoms with Crippen LogP contribution >= 0.6 is 12.6 Å². The van der Waals surface area contributed by atoms with Crippen LogP contribution in [-0.2, 0) is 0 Å². The third kappa shape index (κ3) is 4.39. The number of hydrogen-bond donors (Lipinski definition) is 4. The Hall–Kier alpha value is -2.33. The van der Waals surface area contributed by atoms with Gasteiger partial charge in [0.2, 0.25) is 0 Å². The Kier molecular flexibility index (Phi) is 6.74. The molecular formula is C18H23F2N7S. The Labute approximate surface area is 167 Å². The number of imidazole rings is 1. The van der Waals surface area contributed by atoms with Crippen LogP contribution in [0.3, 0.4) is 0 Å². The van der Waals surface area contributed by atoms with Gasteiger partial charge in [-0.05, 0) is 30.7 Å². The number of aromatic amines is 1. The van der Waals surface area contributed by atoms with E-state index in [1.54, 1.807) is 12.5 Å². The van der Waals surface area contributed by atoms with Crippen molar-refractivity contribution in [2.45, 2.75) is 18.9 Å². The molecule has 0 saturated carbocycles. The van der Waals surface area contributed by atoms with Crippen LogP contribution in [0, 0.1) is 11.3 Å². The van der Waals surface area contributed by atoms with Gasteiger partial charge in [0.1, 0.15) is 18.0 Å². The second-order valence-electron chi connectivity index (χ2n) is 6.50. The number of H-pyrrole nitrogens is 1. The van der Waals surface area contributed by atoms with Gasteiger partial charge in [0.25, 0.3) is 6.43 Å². The molecule has 3 N–H and O–H groups in total. The average molecular weight is 407 g/mol. The fraction of sp³-hybridized carbons (Fsp3) is 0.444. The molecule has 0 bridgehead atoms. The Morgan fingerprint density at radius 1 is 1.32 bits per heavy atom. The summed E-state index contributed by atoms with van der Waals surface area (Å²) in [4.78, 5) is 18.2. The highest BCUT2D eigenvalue weighted by molar-refractivity contribution is 7.79. The molecule has 0 amide bonds. The van der Waals surface area contributed by atoms with E-state index in [2.05, 4.69) is 42.8 Å². The SMILES string of the molecule is CS.N=C(/C=C\c1ncc(-c2cc(N3CCC4CNCC43)ncn2)[nH]1)C(F)F. The zero-order chi connectivity index (χ0) is 20.1. The molecular weight excluding hydrogens is 384 g/mol. The van der Waals surface area contributed by atoms with Crippen molar-refractivity contribution in [2.24, 2.45) is 5.92 Å². The van der Waals surface area contributed by atoms with E-state index in [-0.39, 0.29) is 0 Å². The monoisotopic (exact) mass is 407 g/mol. The summed E-state index contributed by atoms with van der Waals surface area (Å²) in [6.45, 7) is 3.02. The van der Waals surface area contributed by atoms with Crippen molar-refractivity contribution in [3.63, 3.8) is 0 Å². The summed E-state index contributed by atoms with van der Waals surface area (Å²) in [7, 11) is 0. The molecule has 2 fully saturated rings. The number of alkyl halides is 2. The van der Waals surface area contributed by atoms with Gasteiger partial charge in [-0.3, -0.25) is 5.41 Å². The molecule has 2 aromatic rings. The van der Waals surface area contributed by atoms with Crippen LogP contribution in [-0.4, -0.2) is 64.0 Å². The van der Waals surface area contributed by atoms with Gasteiger partial charge in [-0.15, -0.1) is 0 Å². The first-order valence-electron chi connectivity index (χ1n) is 8.96.